The molecule has 1 aliphatic carbocycles. The Kier molecular flexibility index (Phi) is 6.25. The van der Waals surface area contributed by atoms with Crippen LogP contribution >= 0.6 is 23.3 Å². The van der Waals surface area contributed by atoms with Crippen molar-refractivity contribution in [1.29, 1.82) is 0 Å². The van der Waals surface area contributed by atoms with E-state index in [1.807, 2.05) is 10.2 Å². The van der Waals surface area contributed by atoms with Gasteiger partial charge >= 0.3 is 6.18 Å². The van der Waals surface area contributed by atoms with Crippen LogP contribution in [-0.2, 0) is 0 Å². The Morgan fingerprint density at radius 2 is 1.94 bits per heavy atom. The van der Waals surface area contributed by atoms with Crippen molar-refractivity contribution in [2.24, 2.45) is 5.92 Å². The number of nitrogens with zero attached hydrogens (tertiary/aromatic N) is 5. The monoisotopic (exact) mass is 525 g/mol. The molecular weight excluding hydrogens is 506 g/mol. The van der Waals surface area contributed by atoms with Crippen molar-refractivity contribution >= 4 is 46.0 Å². The van der Waals surface area contributed by atoms with Crippen LogP contribution < -0.4 is 15.5 Å². The predicted molar refractivity (Wildman–Crippen MR) is 123 cm³/mol. The van der Waals surface area contributed by atoms with Crippen LogP contribution in [0.4, 0.5) is 34.3 Å². The number of hydrogen-bond donors (Lipinski definition) is 2. The van der Waals surface area contributed by atoms with Gasteiger partial charge in [-0.15, -0.1) is 0 Å². The SMILES string of the molecule is O=C(NCC(F)(F)F)c1ccc(Sc2nc(Nc3ncns3)cc(N3CC(F)(C4CC4)C3)n2)cc1. The third kappa shape index (κ3) is 5.81. The molecule has 1 saturated carbocycles. The van der Waals surface area contributed by atoms with Crippen molar-refractivity contribution in [3.63, 3.8) is 0 Å². The van der Waals surface area contributed by atoms with Crippen LogP contribution in [0.5, 0.6) is 0 Å². The average Bonchev–Trinajstić information content (AvgIpc) is 3.53. The highest BCUT2D eigenvalue weighted by molar-refractivity contribution is 7.99. The fraction of sp³-hybridized carbons (Fsp3) is 0.381. The fourth-order valence-corrected chi connectivity index (χ4v) is 4.90. The minimum atomic E-state index is -4.48. The summed E-state index contributed by atoms with van der Waals surface area (Å²) in [6, 6.07) is 7.79. The number of anilines is 3. The molecule has 0 atom stereocenters. The van der Waals surface area contributed by atoms with Crippen LogP contribution in [0.3, 0.4) is 0 Å². The third-order valence-corrected chi connectivity index (χ3v) is 7.06. The van der Waals surface area contributed by atoms with Crippen LogP contribution in [-0.4, -0.2) is 56.7 Å². The fourth-order valence-electron chi connectivity index (χ4n) is 3.69. The lowest BCUT2D eigenvalue weighted by Crippen LogP contribution is -2.60. The van der Waals surface area contributed by atoms with Crippen molar-refractivity contribution in [2.75, 3.05) is 29.9 Å². The van der Waals surface area contributed by atoms with E-state index in [4.69, 9.17) is 0 Å². The highest BCUT2D eigenvalue weighted by Gasteiger charge is 2.54. The summed E-state index contributed by atoms with van der Waals surface area (Å²) in [6.45, 7) is -0.845. The van der Waals surface area contributed by atoms with Crippen molar-refractivity contribution in [2.45, 2.75) is 34.7 Å². The van der Waals surface area contributed by atoms with Gasteiger partial charge in [-0.25, -0.2) is 19.3 Å². The Balaban J connectivity index is 1.31. The minimum absolute atomic E-state index is 0.104. The van der Waals surface area contributed by atoms with Gasteiger partial charge in [0.05, 0.1) is 13.1 Å². The molecule has 5 rings (SSSR count). The maximum Gasteiger partial charge on any atom is 0.405 e. The Morgan fingerprint density at radius 1 is 1.20 bits per heavy atom. The molecule has 0 spiro atoms. The first-order valence-corrected chi connectivity index (χ1v) is 12.3. The van der Waals surface area contributed by atoms with Gasteiger partial charge in [0.2, 0.25) is 5.13 Å². The van der Waals surface area contributed by atoms with Crippen LogP contribution in [0.2, 0.25) is 0 Å². The molecule has 0 radical (unpaired) electrons. The molecule has 2 N–H and O–H groups in total. The van der Waals surface area contributed by atoms with Crippen molar-refractivity contribution in [1.82, 2.24) is 24.6 Å². The Bertz CT molecular complexity index is 1200. The van der Waals surface area contributed by atoms with E-state index < -0.39 is 24.3 Å². The van der Waals surface area contributed by atoms with Gasteiger partial charge in [0, 0.05) is 28.1 Å². The van der Waals surface area contributed by atoms with Gasteiger partial charge < -0.3 is 15.5 Å². The zero-order valence-electron chi connectivity index (χ0n) is 18.0. The molecular formula is C21H19F4N7OS2. The molecule has 2 fully saturated rings. The molecule has 14 heteroatoms. The van der Waals surface area contributed by atoms with Crippen LogP contribution in [0.15, 0.2) is 46.7 Å². The lowest BCUT2D eigenvalue weighted by atomic mass is 9.91. The lowest BCUT2D eigenvalue weighted by Gasteiger charge is -2.45. The summed E-state index contributed by atoms with van der Waals surface area (Å²) < 4.78 is 55.8. The number of hydrogen-bond acceptors (Lipinski definition) is 9. The van der Waals surface area contributed by atoms with E-state index in [0.717, 1.165) is 24.4 Å². The molecule has 0 bridgehead atoms. The zero-order chi connectivity index (χ0) is 24.6. The molecule has 1 aromatic carbocycles. The van der Waals surface area contributed by atoms with E-state index in [-0.39, 0.29) is 24.6 Å². The highest BCUT2D eigenvalue weighted by atomic mass is 32.2. The summed E-state index contributed by atoms with van der Waals surface area (Å²) in [6.07, 6.45) is -1.22. The van der Waals surface area contributed by atoms with Crippen LogP contribution in [0.25, 0.3) is 0 Å². The van der Waals surface area contributed by atoms with E-state index in [2.05, 4.69) is 24.6 Å². The summed E-state index contributed by atoms with van der Waals surface area (Å²) in [5, 5.41) is 5.84. The quantitative estimate of drug-likeness (QED) is 0.329. The zero-order valence-corrected chi connectivity index (χ0v) is 19.7. The average molecular weight is 526 g/mol. The van der Waals surface area contributed by atoms with Gasteiger partial charge in [0.25, 0.3) is 5.91 Å². The third-order valence-electron chi connectivity index (χ3n) is 5.60. The van der Waals surface area contributed by atoms with E-state index in [0.29, 0.717) is 26.8 Å². The Hall–Kier alpha value is -3.00. The number of aromatic nitrogens is 4. The van der Waals surface area contributed by atoms with Crippen molar-refractivity contribution < 1.29 is 22.4 Å². The molecule has 3 heterocycles. The number of alkyl halides is 4. The molecule has 1 amide bonds. The Labute approximate surface area is 205 Å². The summed E-state index contributed by atoms with van der Waals surface area (Å²) in [5.74, 6) is 0.357. The topological polar surface area (TPSA) is 95.9 Å². The predicted octanol–water partition coefficient (Wildman–Crippen LogP) is 4.45. The highest BCUT2D eigenvalue weighted by Crippen LogP contribution is 2.48. The standard InChI is InChI=1S/C21H19F4N7OS2/c22-20(13-3-4-13)9-32(10-20)16-7-15(29-18-27-11-28-35-18)30-19(31-16)34-14-5-1-12(2-6-14)17(33)26-8-21(23,24)25/h1-2,5-7,11,13H,3-4,8-10H2,(H,26,33)(H,27,28,29,30,31). The van der Waals surface area contributed by atoms with Crippen molar-refractivity contribution in [3.05, 3.63) is 42.2 Å². The molecule has 2 aromatic heterocycles. The normalized spacial score (nSPS) is 17.1. The second-order valence-electron chi connectivity index (χ2n) is 8.35. The van der Waals surface area contributed by atoms with E-state index in [9.17, 15) is 22.4 Å². The van der Waals surface area contributed by atoms with Crippen LogP contribution in [0, 0.1) is 5.92 Å². The molecule has 3 aromatic rings. The van der Waals surface area contributed by atoms with Gasteiger partial charge in [0.1, 0.15) is 30.2 Å². The smallest absolute Gasteiger partial charge is 0.350 e. The number of halogens is 4. The number of benzene rings is 1. The number of carbonyl (C=O) groups excluding carboxylic acids is 1. The lowest BCUT2D eigenvalue weighted by molar-refractivity contribution is -0.123. The summed E-state index contributed by atoms with van der Waals surface area (Å²) >= 11 is 2.37. The van der Waals surface area contributed by atoms with E-state index in [1.54, 1.807) is 18.2 Å². The van der Waals surface area contributed by atoms with Gasteiger partial charge in [-0.05, 0) is 54.8 Å². The van der Waals surface area contributed by atoms with Gasteiger partial charge in [-0.1, -0.05) is 0 Å². The number of nitrogens with one attached hydrogen (secondary N) is 2. The molecule has 2 aliphatic rings. The summed E-state index contributed by atoms with van der Waals surface area (Å²) in [4.78, 5) is 27.6. The minimum Gasteiger partial charge on any atom is -0.350 e. The van der Waals surface area contributed by atoms with Gasteiger partial charge in [-0.2, -0.15) is 17.5 Å². The maximum absolute atomic E-state index is 14.9. The first kappa shape index (κ1) is 23.7. The number of carbonyl (C=O) groups is 1. The second kappa shape index (κ2) is 9.22. The number of rotatable bonds is 8. The Morgan fingerprint density at radius 3 is 2.57 bits per heavy atom. The molecule has 1 saturated heterocycles. The number of amides is 1. The van der Waals surface area contributed by atoms with Crippen molar-refractivity contribution in [3.8, 4) is 0 Å². The molecule has 0 unspecified atom stereocenters. The first-order chi connectivity index (χ1) is 16.7. The van der Waals surface area contributed by atoms with E-state index in [1.165, 1.54) is 30.2 Å². The second-order valence-corrected chi connectivity index (χ2v) is 10.2. The molecule has 8 nitrogen and oxygen atoms in total. The van der Waals surface area contributed by atoms with Crippen LogP contribution in [0.1, 0.15) is 23.2 Å². The largest absolute Gasteiger partial charge is 0.405 e. The molecule has 184 valence electrons. The van der Waals surface area contributed by atoms with Gasteiger partial charge in [0.15, 0.2) is 5.16 Å². The van der Waals surface area contributed by atoms with E-state index >= 15 is 0 Å². The first-order valence-electron chi connectivity index (χ1n) is 10.7. The molecule has 1 aliphatic heterocycles. The summed E-state index contributed by atoms with van der Waals surface area (Å²) in [7, 11) is 0. The maximum atomic E-state index is 14.9. The molecule has 35 heavy (non-hydrogen) atoms. The summed E-state index contributed by atoms with van der Waals surface area (Å²) in [5.41, 5.74) is -1.07. The van der Waals surface area contributed by atoms with Gasteiger partial charge in [-0.3, -0.25) is 4.79 Å².